The van der Waals surface area contributed by atoms with E-state index in [-0.39, 0.29) is 0 Å². The second-order valence-electron chi connectivity index (χ2n) is 5.43. The quantitative estimate of drug-likeness (QED) is 0.751. The van der Waals surface area contributed by atoms with Gasteiger partial charge in [0.05, 0.1) is 6.61 Å². The Bertz CT molecular complexity index is 356. The van der Waals surface area contributed by atoms with Crippen LogP contribution >= 0.6 is 0 Å². The van der Waals surface area contributed by atoms with Crippen LogP contribution in [-0.2, 0) is 18.2 Å². The average Bonchev–Trinajstić information content (AvgIpc) is 2.97. The number of rotatable bonds is 7. The first-order valence-electron chi connectivity index (χ1n) is 7.01. The van der Waals surface area contributed by atoms with E-state index in [0.29, 0.717) is 5.41 Å². The van der Waals surface area contributed by atoms with Crippen molar-refractivity contribution >= 4 is 0 Å². The predicted octanol–water partition coefficient (Wildman–Crippen LogP) is 1.76. The van der Waals surface area contributed by atoms with Crippen LogP contribution in [0.2, 0.25) is 0 Å². The Kier molecular flexibility index (Phi) is 4.78. The lowest BCUT2D eigenvalue weighted by Crippen LogP contribution is -2.35. The maximum absolute atomic E-state index is 5.63. The highest BCUT2D eigenvalue weighted by molar-refractivity contribution is 5.01. The number of aryl methyl sites for hydroxylation is 2. The van der Waals surface area contributed by atoms with Crippen molar-refractivity contribution in [2.24, 2.45) is 12.5 Å². The van der Waals surface area contributed by atoms with E-state index in [4.69, 9.17) is 4.74 Å². The smallest absolute Gasteiger partial charge is 0.0535 e. The fraction of sp³-hybridized carbons (Fsp3) is 0.786. The van der Waals surface area contributed by atoms with Crippen LogP contribution in [0.4, 0.5) is 0 Å². The normalized spacial score (nSPS) is 23.7. The standard InChI is InChI=1S/C14H25N3O/c1-3-8-15-11-14(7-10-18-12-14)6-4-13-5-9-16-17(13)2/h5,9,15H,3-4,6-8,10-12H2,1-2H3. The van der Waals surface area contributed by atoms with Gasteiger partial charge in [-0.15, -0.1) is 0 Å². The number of ether oxygens (including phenoxy) is 1. The SMILES string of the molecule is CCCNCC1(CCc2ccnn2C)CCOC1. The Balaban J connectivity index is 1.88. The van der Waals surface area contributed by atoms with Gasteiger partial charge in [-0.3, -0.25) is 4.68 Å². The Labute approximate surface area is 110 Å². The molecule has 4 nitrogen and oxygen atoms in total. The topological polar surface area (TPSA) is 39.1 Å². The van der Waals surface area contributed by atoms with E-state index in [1.165, 1.54) is 25.0 Å². The zero-order valence-corrected chi connectivity index (χ0v) is 11.6. The molecule has 0 aromatic carbocycles. The average molecular weight is 251 g/mol. The molecule has 1 fully saturated rings. The molecule has 0 aliphatic carbocycles. The molecule has 1 atom stereocenters. The first-order valence-corrected chi connectivity index (χ1v) is 7.01. The van der Waals surface area contributed by atoms with Gasteiger partial charge in [0.15, 0.2) is 0 Å². The van der Waals surface area contributed by atoms with Gasteiger partial charge >= 0.3 is 0 Å². The highest BCUT2D eigenvalue weighted by Gasteiger charge is 2.34. The highest BCUT2D eigenvalue weighted by Crippen LogP contribution is 2.33. The first kappa shape index (κ1) is 13.6. The van der Waals surface area contributed by atoms with Crippen LogP contribution in [0.5, 0.6) is 0 Å². The van der Waals surface area contributed by atoms with Gasteiger partial charge in [0.2, 0.25) is 0 Å². The lowest BCUT2D eigenvalue weighted by molar-refractivity contribution is 0.144. The van der Waals surface area contributed by atoms with Crippen molar-refractivity contribution < 1.29 is 4.74 Å². The van der Waals surface area contributed by atoms with Gasteiger partial charge in [-0.1, -0.05) is 6.92 Å². The van der Waals surface area contributed by atoms with Gasteiger partial charge in [-0.05, 0) is 38.3 Å². The van der Waals surface area contributed by atoms with Crippen LogP contribution < -0.4 is 5.32 Å². The molecule has 0 radical (unpaired) electrons. The van der Waals surface area contributed by atoms with Crippen molar-refractivity contribution in [1.82, 2.24) is 15.1 Å². The van der Waals surface area contributed by atoms with Crippen LogP contribution in [0.1, 0.15) is 31.9 Å². The number of nitrogens with one attached hydrogen (secondary N) is 1. The number of hydrogen-bond donors (Lipinski definition) is 1. The Morgan fingerprint density at radius 3 is 3.06 bits per heavy atom. The lowest BCUT2D eigenvalue weighted by atomic mass is 9.82. The highest BCUT2D eigenvalue weighted by atomic mass is 16.5. The largest absolute Gasteiger partial charge is 0.381 e. The zero-order chi connectivity index (χ0) is 12.8. The van der Waals surface area contributed by atoms with Gasteiger partial charge in [0.1, 0.15) is 0 Å². The molecule has 0 saturated carbocycles. The van der Waals surface area contributed by atoms with Crippen LogP contribution in [0, 0.1) is 5.41 Å². The molecule has 1 aromatic rings. The maximum atomic E-state index is 5.63. The molecule has 1 N–H and O–H groups in total. The van der Waals surface area contributed by atoms with Gasteiger partial charge < -0.3 is 10.1 Å². The van der Waals surface area contributed by atoms with Gasteiger partial charge in [-0.25, -0.2) is 0 Å². The van der Waals surface area contributed by atoms with E-state index in [0.717, 1.165) is 32.7 Å². The van der Waals surface area contributed by atoms with Crippen molar-refractivity contribution in [3.05, 3.63) is 18.0 Å². The summed E-state index contributed by atoms with van der Waals surface area (Å²) in [6, 6.07) is 2.11. The summed E-state index contributed by atoms with van der Waals surface area (Å²) >= 11 is 0. The number of nitrogens with zero attached hydrogens (tertiary/aromatic N) is 2. The van der Waals surface area contributed by atoms with E-state index in [1.54, 1.807) is 0 Å². The number of aromatic nitrogens is 2. The van der Waals surface area contributed by atoms with Crippen LogP contribution in [0.15, 0.2) is 12.3 Å². The van der Waals surface area contributed by atoms with Crippen molar-refractivity contribution in [3.8, 4) is 0 Å². The molecule has 0 spiro atoms. The molecule has 1 unspecified atom stereocenters. The lowest BCUT2D eigenvalue weighted by Gasteiger charge is -2.27. The second kappa shape index (κ2) is 6.34. The summed E-state index contributed by atoms with van der Waals surface area (Å²) in [5, 5.41) is 7.79. The monoisotopic (exact) mass is 251 g/mol. The zero-order valence-electron chi connectivity index (χ0n) is 11.6. The third-order valence-corrected chi connectivity index (χ3v) is 3.95. The van der Waals surface area contributed by atoms with Crippen molar-refractivity contribution in [1.29, 1.82) is 0 Å². The van der Waals surface area contributed by atoms with Crippen molar-refractivity contribution in [2.45, 2.75) is 32.6 Å². The van der Waals surface area contributed by atoms with Crippen LogP contribution in [0.3, 0.4) is 0 Å². The summed E-state index contributed by atoms with van der Waals surface area (Å²) in [5.41, 5.74) is 1.65. The summed E-state index contributed by atoms with van der Waals surface area (Å²) in [7, 11) is 2.02. The summed E-state index contributed by atoms with van der Waals surface area (Å²) in [5.74, 6) is 0. The minimum absolute atomic E-state index is 0.333. The van der Waals surface area contributed by atoms with Gasteiger partial charge in [-0.2, -0.15) is 5.10 Å². The fourth-order valence-corrected chi connectivity index (χ4v) is 2.64. The van der Waals surface area contributed by atoms with Gasteiger partial charge in [0, 0.05) is 37.5 Å². The fourth-order valence-electron chi connectivity index (χ4n) is 2.64. The molecule has 1 aliphatic heterocycles. The molecule has 18 heavy (non-hydrogen) atoms. The van der Waals surface area contributed by atoms with E-state index >= 15 is 0 Å². The molecule has 1 saturated heterocycles. The number of hydrogen-bond acceptors (Lipinski definition) is 3. The third kappa shape index (κ3) is 3.33. The molecule has 0 bridgehead atoms. The van der Waals surface area contributed by atoms with E-state index in [1.807, 2.05) is 17.9 Å². The Hall–Kier alpha value is -0.870. The molecular weight excluding hydrogens is 226 g/mol. The van der Waals surface area contributed by atoms with Gasteiger partial charge in [0.25, 0.3) is 0 Å². The van der Waals surface area contributed by atoms with E-state index < -0.39 is 0 Å². The maximum Gasteiger partial charge on any atom is 0.0535 e. The van der Waals surface area contributed by atoms with Crippen LogP contribution in [0.25, 0.3) is 0 Å². The molecule has 2 heterocycles. The summed E-state index contributed by atoms with van der Waals surface area (Å²) < 4.78 is 7.60. The molecular formula is C14H25N3O. The van der Waals surface area contributed by atoms with Crippen LogP contribution in [-0.4, -0.2) is 36.1 Å². The first-order chi connectivity index (χ1) is 8.76. The summed E-state index contributed by atoms with van der Waals surface area (Å²) in [4.78, 5) is 0. The molecule has 0 amide bonds. The Morgan fingerprint density at radius 2 is 2.44 bits per heavy atom. The summed E-state index contributed by atoms with van der Waals surface area (Å²) in [6.45, 7) is 6.22. The second-order valence-corrected chi connectivity index (χ2v) is 5.43. The van der Waals surface area contributed by atoms with E-state index in [2.05, 4.69) is 23.4 Å². The summed E-state index contributed by atoms with van der Waals surface area (Å²) in [6.07, 6.45) is 6.53. The molecule has 2 rings (SSSR count). The van der Waals surface area contributed by atoms with Crippen molar-refractivity contribution in [3.63, 3.8) is 0 Å². The molecule has 4 heteroatoms. The predicted molar refractivity (Wildman–Crippen MR) is 72.6 cm³/mol. The third-order valence-electron chi connectivity index (χ3n) is 3.95. The Morgan fingerprint density at radius 1 is 1.56 bits per heavy atom. The molecule has 102 valence electrons. The minimum Gasteiger partial charge on any atom is -0.381 e. The minimum atomic E-state index is 0.333. The van der Waals surface area contributed by atoms with Crippen molar-refractivity contribution in [2.75, 3.05) is 26.3 Å². The van der Waals surface area contributed by atoms with E-state index in [9.17, 15) is 0 Å². The molecule has 1 aromatic heterocycles. The molecule has 1 aliphatic rings.